The van der Waals surface area contributed by atoms with Gasteiger partial charge in [0.05, 0.1) is 12.6 Å². The van der Waals surface area contributed by atoms with E-state index < -0.39 is 12.0 Å². The SMILES string of the molecule is CCC(CC)N(CCO)C(=O)C(N)CCC(=O)O. The summed E-state index contributed by atoms with van der Waals surface area (Å²) in [6, 6.07) is -0.770. The molecule has 18 heavy (non-hydrogen) atoms. The molecule has 0 fully saturated rings. The largest absolute Gasteiger partial charge is 0.481 e. The molecule has 0 saturated heterocycles. The highest BCUT2D eigenvalue weighted by atomic mass is 16.4. The number of carboxylic acid groups (broad SMARTS) is 1. The van der Waals surface area contributed by atoms with Gasteiger partial charge in [0.25, 0.3) is 0 Å². The van der Waals surface area contributed by atoms with Gasteiger partial charge in [0.1, 0.15) is 0 Å². The topological polar surface area (TPSA) is 104 Å². The van der Waals surface area contributed by atoms with Gasteiger partial charge in [0.15, 0.2) is 0 Å². The van der Waals surface area contributed by atoms with Crippen molar-refractivity contribution >= 4 is 11.9 Å². The lowest BCUT2D eigenvalue weighted by molar-refractivity contribution is -0.138. The number of hydrogen-bond donors (Lipinski definition) is 3. The molecule has 0 heterocycles. The predicted octanol–water partition coefficient (Wildman–Crippen LogP) is 0.188. The summed E-state index contributed by atoms with van der Waals surface area (Å²) in [6.07, 6.45) is 1.57. The Balaban J connectivity index is 4.58. The van der Waals surface area contributed by atoms with Crippen LogP contribution in [-0.4, -0.2) is 52.2 Å². The molecule has 6 heteroatoms. The van der Waals surface area contributed by atoms with E-state index in [1.807, 2.05) is 13.8 Å². The monoisotopic (exact) mass is 260 g/mol. The molecule has 0 rings (SSSR count). The predicted molar refractivity (Wildman–Crippen MR) is 68.0 cm³/mol. The summed E-state index contributed by atoms with van der Waals surface area (Å²) in [4.78, 5) is 24.1. The van der Waals surface area contributed by atoms with Crippen molar-refractivity contribution in [3.05, 3.63) is 0 Å². The smallest absolute Gasteiger partial charge is 0.303 e. The van der Waals surface area contributed by atoms with Crippen molar-refractivity contribution in [2.75, 3.05) is 13.2 Å². The molecule has 1 unspecified atom stereocenters. The van der Waals surface area contributed by atoms with Crippen LogP contribution in [0.15, 0.2) is 0 Å². The second-order valence-corrected chi connectivity index (χ2v) is 4.26. The van der Waals surface area contributed by atoms with E-state index in [2.05, 4.69) is 0 Å². The third-order valence-corrected chi connectivity index (χ3v) is 2.99. The van der Waals surface area contributed by atoms with Crippen LogP contribution in [0, 0.1) is 0 Å². The van der Waals surface area contributed by atoms with Gasteiger partial charge in [-0.1, -0.05) is 13.8 Å². The zero-order chi connectivity index (χ0) is 14.1. The summed E-state index contributed by atoms with van der Waals surface area (Å²) >= 11 is 0. The lowest BCUT2D eigenvalue weighted by Gasteiger charge is -2.32. The van der Waals surface area contributed by atoms with Crippen molar-refractivity contribution in [3.8, 4) is 0 Å². The maximum Gasteiger partial charge on any atom is 0.303 e. The lowest BCUT2D eigenvalue weighted by Crippen LogP contribution is -2.49. The Morgan fingerprint density at radius 3 is 2.22 bits per heavy atom. The summed E-state index contributed by atoms with van der Waals surface area (Å²) in [6.45, 7) is 4.06. The number of aliphatic hydroxyl groups excluding tert-OH is 1. The van der Waals surface area contributed by atoms with Gasteiger partial charge in [-0.3, -0.25) is 9.59 Å². The molecule has 0 spiro atoms. The van der Waals surface area contributed by atoms with Crippen LogP contribution in [0.3, 0.4) is 0 Å². The van der Waals surface area contributed by atoms with Crippen LogP contribution in [0.4, 0.5) is 0 Å². The Morgan fingerprint density at radius 1 is 1.28 bits per heavy atom. The van der Waals surface area contributed by atoms with Gasteiger partial charge in [0.2, 0.25) is 5.91 Å². The van der Waals surface area contributed by atoms with Crippen LogP contribution in [-0.2, 0) is 9.59 Å². The van der Waals surface area contributed by atoms with E-state index in [0.717, 1.165) is 12.8 Å². The molecular weight excluding hydrogens is 236 g/mol. The molecular formula is C12H24N2O4. The zero-order valence-corrected chi connectivity index (χ0v) is 11.1. The van der Waals surface area contributed by atoms with E-state index in [1.165, 1.54) is 0 Å². The van der Waals surface area contributed by atoms with Gasteiger partial charge >= 0.3 is 5.97 Å². The van der Waals surface area contributed by atoms with E-state index >= 15 is 0 Å². The van der Waals surface area contributed by atoms with Gasteiger partial charge in [-0.25, -0.2) is 0 Å². The fraction of sp³-hybridized carbons (Fsp3) is 0.833. The molecule has 0 radical (unpaired) electrons. The number of amides is 1. The Kier molecular flexibility index (Phi) is 8.32. The van der Waals surface area contributed by atoms with E-state index in [1.54, 1.807) is 4.90 Å². The first-order valence-electron chi connectivity index (χ1n) is 6.36. The summed E-state index contributed by atoms with van der Waals surface area (Å²) in [5.74, 6) is -1.24. The number of aliphatic hydroxyl groups is 1. The molecule has 1 atom stereocenters. The standard InChI is InChI=1S/C12H24N2O4/c1-3-9(4-2)14(7-8-15)12(18)10(13)5-6-11(16)17/h9-10,15H,3-8,13H2,1-2H3,(H,16,17). The number of carbonyl (C=O) groups is 2. The Morgan fingerprint density at radius 2 is 1.83 bits per heavy atom. The highest BCUT2D eigenvalue weighted by Crippen LogP contribution is 2.11. The normalized spacial score (nSPS) is 12.5. The van der Waals surface area contributed by atoms with E-state index in [4.69, 9.17) is 15.9 Å². The van der Waals surface area contributed by atoms with Crippen LogP contribution in [0.25, 0.3) is 0 Å². The molecule has 0 aliphatic rings. The van der Waals surface area contributed by atoms with Crippen LogP contribution in [0.5, 0.6) is 0 Å². The summed E-state index contributed by atoms with van der Waals surface area (Å²) in [7, 11) is 0. The number of rotatable bonds is 9. The minimum atomic E-state index is -0.963. The van der Waals surface area contributed by atoms with Crippen LogP contribution in [0.1, 0.15) is 39.5 Å². The first-order valence-corrected chi connectivity index (χ1v) is 6.36. The molecule has 0 aromatic heterocycles. The van der Waals surface area contributed by atoms with Crippen molar-refractivity contribution in [3.63, 3.8) is 0 Å². The number of carbonyl (C=O) groups excluding carboxylic acids is 1. The molecule has 1 amide bonds. The van der Waals surface area contributed by atoms with Gasteiger partial charge in [-0.05, 0) is 19.3 Å². The summed E-state index contributed by atoms with van der Waals surface area (Å²) in [5, 5.41) is 17.6. The van der Waals surface area contributed by atoms with Crippen molar-refractivity contribution in [1.82, 2.24) is 4.90 Å². The first kappa shape index (κ1) is 16.9. The van der Waals surface area contributed by atoms with E-state index in [-0.39, 0.29) is 37.9 Å². The maximum absolute atomic E-state index is 12.1. The second kappa shape index (κ2) is 8.88. The minimum Gasteiger partial charge on any atom is -0.481 e. The highest BCUT2D eigenvalue weighted by molar-refractivity contribution is 5.82. The quantitative estimate of drug-likeness (QED) is 0.549. The van der Waals surface area contributed by atoms with Crippen molar-refractivity contribution in [1.29, 1.82) is 0 Å². The Labute approximate surface area is 108 Å². The number of hydrogen-bond acceptors (Lipinski definition) is 4. The average molecular weight is 260 g/mol. The molecule has 0 aromatic rings. The van der Waals surface area contributed by atoms with Gasteiger partial charge in [-0.15, -0.1) is 0 Å². The summed E-state index contributed by atoms with van der Waals surface area (Å²) in [5.41, 5.74) is 5.71. The van der Waals surface area contributed by atoms with Crippen molar-refractivity contribution < 1.29 is 19.8 Å². The second-order valence-electron chi connectivity index (χ2n) is 4.26. The van der Waals surface area contributed by atoms with Crippen LogP contribution >= 0.6 is 0 Å². The average Bonchev–Trinajstić information content (AvgIpc) is 2.35. The Hall–Kier alpha value is -1.14. The first-order chi connectivity index (χ1) is 8.47. The van der Waals surface area contributed by atoms with Gasteiger partial charge < -0.3 is 20.8 Å². The zero-order valence-electron chi connectivity index (χ0n) is 11.1. The van der Waals surface area contributed by atoms with Gasteiger partial charge in [0, 0.05) is 19.0 Å². The van der Waals surface area contributed by atoms with Crippen LogP contribution in [0.2, 0.25) is 0 Å². The minimum absolute atomic E-state index is 0.0422. The Bertz CT molecular complexity index is 267. The van der Waals surface area contributed by atoms with E-state index in [9.17, 15) is 9.59 Å². The highest BCUT2D eigenvalue weighted by Gasteiger charge is 2.25. The lowest BCUT2D eigenvalue weighted by atomic mass is 10.1. The molecule has 0 saturated carbocycles. The fourth-order valence-electron chi connectivity index (χ4n) is 1.93. The third kappa shape index (κ3) is 5.46. The molecule has 0 bridgehead atoms. The third-order valence-electron chi connectivity index (χ3n) is 2.99. The number of nitrogens with two attached hydrogens (primary N) is 1. The molecule has 4 N–H and O–H groups in total. The molecule has 106 valence electrons. The molecule has 0 aliphatic heterocycles. The fourth-order valence-corrected chi connectivity index (χ4v) is 1.93. The van der Waals surface area contributed by atoms with Gasteiger partial charge in [-0.2, -0.15) is 0 Å². The van der Waals surface area contributed by atoms with Crippen molar-refractivity contribution in [2.45, 2.75) is 51.6 Å². The van der Waals surface area contributed by atoms with Crippen LogP contribution < -0.4 is 5.73 Å². The number of nitrogens with zero attached hydrogens (tertiary/aromatic N) is 1. The number of carboxylic acids is 1. The van der Waals surface area contributed by atoms with Crippen molar-refractivity contribution in [2.24, 2.45) is 5.73 Å². The molecule has 0 aromatic carbocycles. The maximum atomic E-state index is 12.1. The molecule has 0 aliphatic carbocycles. The molecule has 6 nitrogen and oxygen atoms in total. The van der Waals surface area contributed by atoms with E-state index in [0.29, 0.717) is 0 Å². The summed E-state index contributed by atoms with van der Waals surface area (Å²) < 4.78 is 0. The number of aliphatic carboxylic acids is 1.